The number of carboxylic acids is 1. The lowest BCUT2D eigenvalue weighted by Gasteiger charge is -2.19. The minimum atomic E-state index is -3.74. The Bertz CT molecular complexity index is 984. The first kappa shape index (κ1) is 21.4. The molecule has 9 heteroatoms. The maximum Gasteiger partial charge on any atom is 0.336 e. The lowest BCUT2D eigenvalue weighted by molar-refractivity contribution is 0.0692. The molecule has 0 aromatic heterocycles. The van der Waals surface area contributed by atoms with E-state index in [0.717, 1.165) is 0 Å². The van der Waals surface area contributed by atoms with E-state index in [2.05, 4.69) is 5.32 Å². The number of amides is 1. The van der Waals surface area contributed by atoms with Gasteiger partial charge in [0, 0.05) is 13.1 Å². The molecule has 28 heavy (non-hydrogen) atoms. The molecule has 0 unspecified atom stereocenters. The Labute approximate surface area is 163 Å². The van der Waals surface area contributed by atoms with Crippen LogP contribution >= 0.6 is 0 Å². The van der Waals surface area contributed by atoms with E-state index in [-0.39, 0.29) is 27.5 Å². The van der Waals surface area contributed by atoms with Crippen LogP contribution in [0.3, 0.4) is 0 Å². The molecule has 2 N–H and O–H groups in total. The third-order valence-electron chi connectivity index (χ3n) is 4.16. The summed E-state index contributed by atoms with van der Waals surface area (Å²) in [5.74, 6) is -1.68. The summed E-state index contributed by atoms with van der Waals surface area (Å²) in [6, 6.07) is 9.88. The molecule has 0 radical (unpaired) electrons. The fraction of sp³-hybridized carbons (Fsp3) is 0.263. The number of ether oxygens (including phenoxy) is 1. The highest BCUT2D eigenvalue weighted by Gasteiger charge is 2.24. The van der Waals surface area contributed by atoms with Gasteiger partial charge in [-0.2, -0.15) is 4.31 Å². The van der Waals surface area contributed by atoms with Gasteiger partial charge in [0.2, 0.25) is 10.0 Å². The number of carboxylic acid groups (broad SMARTS) is 1. The molecule has 0 saturated heterocycles. The van der Waals surface area contributed by atoms with Gasteiger partial charge < -0.3 is 15.2 Å². The molecule has 0 saturated carbocycles. The smallest absolute Gasteiger partial charge is 0.336 e. The van der Waals surface area contributed by atoms with Crippen molar-refractivity contribution in [3.05, 3.63) is 53.6 Å². The van der Waals surface area contributed by atoms with Crippen molar-refractivity contribution in [3.63, 3.8) is 0 Å². The molecule has 0 aliphatic heterocycles. The van der Waals surface area contributed by atoms with Gasteiger partial charge in [-0.3, -0.25) is 4.79 Å². The van der Waals surface area contributed by atoms with Crippen LogP contribution in [0.1, 0.15) is 34.6 Å². The summed E-state index contributed by atoms with van der Waals surface area (Å²) in [6.07, 6.45) is 0. The Kier molecular flexibility index (Phi) is 6.76. The van der Waals surface area contributed by atoms with Gasteiger partial charge in [0.25, 0.3) is 5.91 Å². The van der Waals surface area contributed by atoms with Crippen LogP contribution in [-0.4, -0.2) is 49.9 Å². The number of nitrogens with zero attached hydrogens (tertiary/aromatic N) is 1. The molecule has 2 aromatic carbocycles. The first-order chi connectivity index (χ1) is 13.3. The molecule has 1 amide bonds. The van der Waals surface area contributed by atoms with Gasteiger partial charge in [0.15, 0.2) is 0 Å². The highest BCUT2D eigenvalue weighted by atomic mass is 32.2. The van der Waals surface area contributed by atoms with E-state index >= 15 is 0 Å². The average Bonchev–Trinajstić information content (AvgIpc) is 2.68. The number of anilines is 1. The van der Waals surface area contributed by atoms with Crippen LogP contribution in [0.5, 0.6) is 5.75 Å². The molecule has 2 aromatic rings. The Morgan fingerprint density at radius 3 is 2.21 bits per heavy atom. The summed E-state index contributed by atoms with van der Waals surface area (Å²) in [4.78, 5) is 24.0. The highest BCUT2D eigenvalue weighted by Crippen LogP contribution is 2.29. The summed E-state index contributed by atoms with van der Waals surface area (Å²) in [6.45, 7) is 4.07. The lowest BCUT2D eigenvalue weighted by Crippen LogP contribution is -2.30. The highest BCUT2D eigenvalue weighted by molar-refractivity contribution is 7.89. The molecule has 0 heterocycles. The Balaban J connectivity index is 2.46. The van der Waals surface area contributed by atoms with Gasteiger partial charge in [-0.25, -0.2) is 13.2 Å². The summed E-state index contributed by atoms with van der Waals surface area (Å²) in [5, 5.41) is 11.8. The second kappa shape index (κ2) is 8.85. The Morgan fingerprint density at radius 1 is 1.07 bits per heavy atom. The fourth-order valence-electron chi connectivity index (χ4n) is 2.72. The van der Waals surface area contributed by atoms with Crippen molar-refractivity contribution in [2.75, 3.05) is 25.5 Å². The molecular formula is C19H22N2O6S. The number of aromatic carboxylic acids is 1. The predicted octanol–water partition coefficient (Wildman–Crippen LogP) is 2.68. The van der Waals surface area contributed by atoms with Crippen molar-refractivity contribution in [1.29, 1.82) is 0 Å². The molecular weight excluding hydrogens is 384 g/mol. The molecule has 0 atom stereocenters. The molecule has 0 aliphatic carbocycles. The van der Waals surface area contributed by atoms with Crippen LogP contribution < -0.4 is 10.1 Å². The summed E-state index contributed by atoms with van der Waals surface area (Å²) < 4.78 is 32.0. The Morgan fingerprint density at radius 2 is 1.68 bits per heavy atom. The van der Waals surface area contributed by atoms with Crippen LogP contribution in [0.15, 0.2) is 47.4 Å². The normalized spacial score (nSPS) is 11.3. The van der Waals surface area contributed by atoms with Gasteiger partial charge in [-0.15, -0.1) is 0 Å². The topological polar surface area (TPSA) is 113 Å². The Hall–Kier alpha value is -2.91. The largest absolute Gasteiger partial charge is 0.495 e. The van der Waals surface area contributed by atoms with Crippen LogP contribution in [0.4, 0.5) is 5.69 Å². The van der Waals surface area contributed by atoms with Crippen molar-refractivity contribution < 1.29 is 27.9 Å². The molecule has 0 spiro atoms. The number of benzene rings is 2. The van der Waals surface area contributed by atoms with Gasteiger partial charge in [-0.1, -0.05) is 26.0 Å². The molecule has 0 fully saturated rings. The number of methoxy groups -OCH3 is 1. The zero-order chi connectivity index (χ0) is 20.9. The van der Waals surface area contributed by atoms with E-state index < -0.39 is 21.9 Å². The third kappa shape index (κ3) is 4.32. The van der Waals surface area contributed by atoms with Gasteiger partial charge in [-0.05, 0) is 30.3 Å². The predicted molar refractivity (Wildman–Crippen MR) is 104 cm³/mol. The second-order valence-electron chi connectivity index (χ2n) is 5.76. The second-order valence-corrected chi connectivity index (χ2v) is 7.69. The zero-order valence-corrected chi connectivity index (χ0v) is 16.6. The van der Waals surface area contributed by atoms with E-state index in [0.29, 0.717) is 13.1 Å². The van der Waals surface area contributed by atoms with Crippen molar-refractivity contribution in [2.45, 2.75) is 18.7 Å². The number of hydrogen-bond donors (Lipinski definition) is 2. The summed E-state index contributed by atoms with van der Waals surface area (Å²) in [5.41, 5.74) is -0.0825. The van der Waals surface area contributed by atoms with E-state index in [4.69, 9.17) is 4.74 Å². The fourth-order valence-corrected chi connectivity index (χ4v) is 4.20. The minimum Gasteiger partial charge on any atom is -0.495 e. The first-order valence-corrected chi connectivity index (χ1v) is 10.0. The standard InChI is InChI=1S/C19H22N2O6S/c1-4-21(5-2)28(25,26)13-10-11-17(27-3)16(12-13)20-18(22)14-8-6-7-9-15(14)19(23)24/h6-12H,4-5H2,1-3H3,(H,20,22)(H,23,24). The maximum absolute atomic E-state index is 12.7. The van der Waals surface area contributed by atoms with Crippen molar-refractivity contribution in [1.82, 2.24) is 4.31 Å². The van der Waals surface area contributed by atoms with Crippen LogP contribution in [0.2, 0.25) is 0 Å². The van der Waals surface area contributed by atoms with E-state index in [9.17, 15) is 23.1 Å². The number of rotatable bonds is 8. The van der Waals surface area contributed by atoms with Crippen LogP contribution in [0, 0.1) is 0 Å². The van der Waals surface area contributed by atoms with Gasteiger partial charge in [0.1, 0.15) is 5.75 Å². The van der Waals surface area contributed by atoms with Crippen molar-refractivity contribution >= 4 is 27.6 Å². The molecule has 0 aliphatic rings. The summed E-state index contributed by atoms with van der Waals surface area (Å²) in [7, 11) is -2.35. The maximum atomic E-state index is 12.7. The minimum absolute atomic E-state index is 0.00109. The van der Waals surface area contributed by atoms with E-state index in [1.807, 2.05) is 0 Å². The van der Waals surface area contributed by atoms with Crippen molar-refractivity contribution in [2.24, 2.45) is 0 Å². The quantitative estimate of drug-likeness (QED) is 0.697. The monoisotopic (exact) mass is 406 g/mol. The van der Waals surface area contributed by atoms with E-state index in [1.54, 1.807) is 19.9 Å². The zero-order valence-electron chi connectivity index (χ0n) is 15.8. The molecule has 0 bridgehead atoms. The molecule has 2 rings (SSSR count). The van der Waals surface area contributed by atoms with E-state index in [1.165, 1.54) is 47.8 Å². The number of sulfonamides is 1. The number of carbonyl (C=O) groups is 2. The average molecular weight is 406 g/mol. The summed E-state index contributed by atoms with van der Waals surface area (Å²) >= 11 is 0. The van der Waals surface area contributed by atoms with Crippen LogP contribution in [-0.2, 0) is 10.0 Å². The SMILES string of the molecule is CCN(CC)S(=O)(=O)c1ccc(OC)c(NC(=O)c2ccccc2C(=O)O)c1. The lowest BCUT2D eigenvalue weighted by atomic mass is 10.1. The van der Waals surface area contributed by atoms with Gasteiger partial charge >= 0.3 is 5.97 Å². The number of hydrogen-bond acceptors (Lipinski definition) is 5. The molecule has 8 nitrogen and oxygen atoms in total. The van der Waals surface area contributed by atoms with Crippen molar-refractivity contribution in [3.8, 4) is 5.75 Å². The molecule has 150 valence electrons. The third-order valence-corrected chi connectivity index (χ3v) is 6.21. The first-order valence-electron chi connectivity index (χ1n) is 8.58. The number of carbonyl (C=O) groups excluding carboxylic acids is 1. The van der Waals surface area contributed by atoms with Crippen LogP contribution in [0.25, 0.3) is 0 Å². The van der Waals surface area contributed by atoms with Gasteiger partial charge in [0.05, 0.1) is 28.8 Å². The number of nitrogens with one attached hydrogen (secondary N) is 1.